The van der Waals surface area contributed by atoms with Gasteiger partial charge in [0.1, 0.15) is 0 Å². The second-order valence-corrected chi connectivity index (χ2v) is 17.5. The van der Waals surface area contributed by atoms with E-state index in [9.17, 15) is 4.11 Å². The average Bonchev–Trinajstić information content (AvgIpc) is 4.01. The molecule has 13 rings (SSSR count). The van der Waals surface area contributed by atoms with Gasteiger partial charge in [-0.25, -0.2) is 0 Å². The van der Waals surface area contributed by atoms with Crippen LogP contribution in [0.3, 0.4) is 0 Å². The normalized spacial score (nSPS) is 13.6. The summed E-state index contributed by atoms with van der Waals surface area (Å²) in [6.07, 6.45) is 0. The summed E-state index contributed by atoms with van der Waals surface area (Å²) in [4.78, 5) is 2.20. The van der Waals surface area contributed by atoms with Crippen molar-refractivity contribution < 1.29 is 4.11 Å². The number of thiophene rings is 1. The average molecular weight is 821 g/mol. The van der Waals surface area contributed by atoms with Gasteiger partial charge in [-0.3, -0.25) is 0 Å². The molecule has 10 aromatic carbocycles. The Morgan fingerprint density at radius 3 is 1.51 bits per heavy atom. The van der Waals surface area contributed by atoms with Crippen molar-refractivity contribution in [2.24, 2.45) is 0 Å². The van der Waals surface area contributed by atoms with Crippen molar-refractivity contribution in [1.82, 2.24) is 0 Å². The Labute approximate surface area is 375 Å². The van der Waals surface area contributed by atoms with Crippen LogP contribution >= 0.6 is 11.3 Å². The van der Waals surface area contributed by atoms with Crippen molar-refractivity contribution >= 4 is 48.6 Å². The molecule has 0 bridgehead atoms. The van der Waals surface area contributed by atoms with E-state index in [1.54, 1.807) is 11.3 Å². The predicted octanol–water partition coefficient (Wildman–Crippen LogP) is 16.9. The Kier molecular flexibility index (Phi) is 7.39. The number of para-hydroxylation sites is 1. The Morgan fingerprint density at radius 1 is 0.349 bits per heavy atom. The van der Waals surface area contributed by atoms with E-state index < -0.39 is 5.41 Å². The van der Waals surface area contributed by atoms with Gasteiger partial charge in [0.15, 0.2) is 0 Å². The predicted molar refractivity (Wildman–Crippen MR) is 267 cm³/mol. The van der Waals surface area contributed by atoms with Crippen LogP contribution in [0.2, 0.25) is 0 Å². The smallest absolute Gasteiger partial charge is 0.0726 e. The lowest BCUT2D eigenvalue weighted by molar-refractivity contribution is 0.794. The molecule has 1 heterocycles. The van der Waals surface area contributed by atoms with E-state index in [2.05, 4.69) is 163 Å². The Bertz CT molecular complexity index is 3650. The van der Waals surface area contributed by atoms with Crippen molar-refractivity contribution in [2.45, 2.75) is 5.41 Å². The molecule has 0 unspecified atom stereocenters. The van der Waals surface area contributed by atoms with Gasteiger partial charge in [0.25, 0.3) is 0 Å². The summed E-state index contributed by atoms with van der Waals surface area (Å²) in [6, 6.07) is 76.9. The number of nitrogens with zero attached hydrogens (tertiary/aromatic N) is 1. The van der Waals surface area contributed by atoms with E-state index in [-0.39, 0.29) is 18.1 Å². The molecule has 2 aliphatic carbocycles. The minimum Gasteiger partial charge on any atom is -0.309 e. The maximum Gasteiger partial charge on any atom is 0.0726 e. The van der Waals surface area contributed by atoms with Gasteiger partial charge >= 0.3 is 0 Å². The molecule has 1 nitrogen and oxygen atoms in total. The lowest BCUT2D eigenvalue weighted by Gasteiger charge is -2.33. The highest BCUT2D eigenvalue weighted by Gasteiger charge is 2.52. The third-order valence-corrected chi connectivity index (χ3v) is 14.3. The van der Waals surface area contributed by atoms with Gasteiger partial charge in [-0.2, -0.15) is 0 Å². The largest absolute Gasteiger partial charge is 0.309 e. The number of benzene rings is 10. The van der Waals surface area contributed by atoms with Crippen molar-refractivity contribution in [1.29, 1.82) is 0 Å². The first-order valence-corrected chi connectivity index (χ1v) is 22.3. The topological polar surface area (TPSA) is 3.24 Å². The molecule has 11 aromatic rings. The summed E-state index contributed by atoms with van der Waals surface area (Å²) < 4.78 is 33.2. The zero-order chi connectivity index (χ0) is 44.1. The highest BCUT2D eigenvalue weighted by molar-refractivity contribution is 7.25. The lowest BCUT2D eigenvalue weighted by atomic mass is 9.70. The molecule has 0 atom stereocenters. The first-order valence-electron chi connectivity index (χ1n) is 23.0. The summed E-state index contributed by atoms with van der Waals surface area (Å²) in [5.74, 6) is 0. The molecule has 1 aromatic heterocycles. The third-order valence-electron chi connectivity index (χ3n) is 13.2. The number of rotatable bonds is 6. The molecule has 294 valence electrons. The Hall–Kier alpha value is -7.78. The van der Waals surface area contributed by atoms with E-state index in [1.807, 2.05) is 60.7 Å². The highest BCUT2D eigenvalue weighted by Crippen LogP contribution is 2.65. The van der Waals surface area contributed by atoms with Gasteiger partial charge < -0.3 is 4.90 Å². The maximum atomic E-state index is 10.5. The summed E-state index contributed by atoms with van der Waals surface area (Å²) in [7, 11) is 0. The fourth-order valence-corrected chi connectivity index (χ4v) is 11.8. The molecule has 2 heteroatoms. The molecule has 0 saturated carbocycles. The van der Waals surface area contributed by atoms with E-state index in [4.69, 9.17) is 0 Å². The molecule has 0 radical (unpaired) electrons. The van der Waals surface area contributed by atoms with Gasteiger partial charge in [0.05, 0.1) is 20.9 Å². The number of hydrogen-bond donors (Lipinski definition) is 0. The molecule has 0 fully saturated rings. The molecule has 0 aliphatic heterocycles. The van der Waals surface area contributed by atoms with Crippen molar-refractivity contribution in [3.8, 4) is 55.6 Å². The van der Waals surface area contributed by atoms with E-state index in [1.165, 1.54) is 48.0 Å². The minimum absolute atomic E-state index is 0.125. The molecular formula is C61H39NS. The Morgan fingerprint density at radius 2 is 0.825 bits per heavy atom. The van der Waals surface area contributed by atoms with Crippen LogP contribution in [-0.2, 0) is 5.41 Å². The van der Waals surface area contributed by atoms with Crippen LogP contribution in [0, 0.1) is 0 Å². The van der Waals surface area contributed by atoms with Gasteiger partial charge in [0.2, 0.25) is 0 Å². The van der Waals surface area contributed by atoms with E-state index in [0.29, 0.717) is 16.8 Å². The van der Waals surface area contributed by atoms with Gasteiger partial charge in [-0.1, -0.05) is 194 Å². The van der Waals surface area contributed by atoms with Crippen molar-refractivity contribution in [2.75, 3.05) is 4.90 Å². The number of fused-ring (bicyclic) bond motifs is 13. The van der Waals surface area contributed by atoms with Crippen LogP contribution in [0.4, 0.5) is 17.1 Å². The zero-order valence-electron chi connectivity index (χ0n) is 37.1. The molecule has 0 amide bonds. The first-order chi connectivity index (χ1) is 32.6. The second-order valence-electron chi connectivity index (χ2n) is 16.4. The van der Waals surface area contributed by atoms with Crippen LogP contribution in [0.5, 0.6) is 0 Å². The fourth-order valence-electron chi connectivity index (χ4n) is 10.6. The molecule has 63 heavy (non-hydrogen) atoms. The Balaban J connectivity index is 1.19. The van der Waals surface area contributed by atoms with Crippen LogP contribution in [0.25, 0.3) is 75.8 Å². The first kappa shape index (κ1) is 32.9. The van der Waals surface area contributed by atoms with Crippen LogP contribution in [0.15, 0.2) is 237 Å². The summed E-state index contributed by atoms with van der Waals surface area (Å²) in [5.41, 5.74) is 15.6. The quantitative estimate of drug-likeness (QED) is 0.162. The van der Waals surface area contributed by atoms with Crippen LogP contribution in [-0.4, -0.2) is 0 Å². The van der Waals surface area contributed by atoms with E-state index in [0.717, 1.165) is 50.3 Å². The van der Waals surface area contributed by atoms with Crippen LogP contribution < -0.4 is 4.90 Å². The lowest BCUT2D eigenvalue weighted by Crippen LogP contribution is -2.26. The SMILES string of the molecule is [2H]c1c(-c2ccccc2)c([2H])c(N(c2ccccc2-c2cccc3sc4ccccc4c23)c2cccc3c2-c2ccccc2C32c3ccccc3-c3ccccc32)c([2H])c1-c1ccccc1. The van der Waals surface area contributed by atoms with Crippen LogP contribution in [0.1, 0.15) is 26.4 Å². The maximum absolute atomic E-state index is 10.5. The monoisotopic (exact) mass is 820 g/mol. The molecule has 1 spiro atoms. The fraction of sp³-hybridized carbons (Fsp3) is 0.0164. The molecule has 0 saturated heterocycles. The van der Waals surface area contributed by atoms with Crippen molar-refractivity contribution in [3.05, 3.63) is 259 Å². The van der Waals surface area contributed by atoms with Gasteiger partial charge in [0, 0.05) is 37.0 Å². The number of anilines is 3. The second kappa shape index (κ2) is 14.1. The van der Waals surface area contributed by atoms with Crippen molar-refractivity contribution in [3.63, 3.8) is 0 Å². The third kappa shape index (κ3) is 5.29. The summed E-state index contributed by atoms with van der Waals surface area (Å²) >= 11 is 1.80. The highest BCUT2D eigenvalue weighted by atomic mass is 32.1. The van der Waals surface area contributed by atoms with Gasteiger partial charge in [-0.05, 0) is 109 Å². The van der Waals surface area contributed by atoms with E-state index >= 15 is 0 Å². The summed E-state index contributed by atoms with van der Waals surface area (Å²) in [6.45, 7) is 0. The molecular weight excluding hydrogens is 779 g/mol. The molecule has 0 N–H and O–H groups in total. The number of hydrogen-bond acceptors (Lipinski definition) is 2. The molecule has 2 aliphatic rings. The standard InChI is InChI=1S/C61H39NS/c1-3-19-40(20-4-1)42-37-43(41-21-5-2-6-22-41)39-44(38-42)62(55-33-15-10-25-47(55)48-28-17-36-58-59(48)50-27-11-16-35-57(50)63-58)56-34-18-32-54-60(56)49-26-9-14-31-53(49)61(54)51-29-12-7-23-45(51)46-24-8-13-30-52(46)61/h1-39H/i37D,38D,39D. The zero-order valence-corrected chi connectivity index (χ0v) is 35.0. The minimum atomic E-state index is -0.607. The van der Waals surface area contributed by atoms with Gasteiger partial charge in [-0.15, -0.1) is 11.3 Å². The summed E-state index contributed by atoms with van der Waals surface area (Å²) in [5, 5.41) is 2.38.